The maximum Gasteiger partial charge on any atom is 0.0641 e. The number of hydrogen-bond acceptors (Lipinski definition) is 3. The highest BCUT2D eigenvalue weighted by atomic mass is 15.1. The lowest BCUT2D eigenvalue weighted by molar-refractivity contribution is 0.239. The fourth-order valence-corrected chi connectivity index (χ4v) is 2.18. The van der Waals surface area contributed by atoms with Crippen LogP contribution in [0.2, 0.25) is 0 Å². The van der Waals surface area contributed by atoms with Gasteiger partial charge in [0.2, 0.25) is 0 Å². The molecule has 0 N–H and O–H groups in total. The maximum absolute atomic E-state index is 9.02. The van der Waals surface area contributed by atoms with E-state index in [0.717, 1.165) is 12.1 Å². The molecule has 1 unspecified atom stereocenters. The van der Waals surface area contributed by atoms with Gasteiger partial charge in [0.1, 0.15) is 0 Å². The summed E-state index contributed by atoms with van der Waals surface area (Å²) in [4.78, 5) is 6.31. The Kier molecular flexibility index (Phi) is 4.66. The standard InChI is InChI=1S/C16H17N3/c1-19(13-14-6-5-11-18-12-14)16(9-10-17)15-7-3-2-4-8-15/h2-8,11-12,16H,9,13H2,1H3. The van der Waals surface area contributed by atoms with Crippen LogP contribution in [0, 0.1) is 11.3 Å². The molecule has 2 aromatic rings. The number of nitriles is 1. The highest BCUT2D eigenvalue weighted by Gasteiger charge is 2.16. The highest BCUT2D eigenvalue weighted by molar-refractivity contribution is 5.20. The van der Waals surface area contributed by atoms with Crippen molar-refractivity contribution < 1.29 is 0 Å². The number of nitrogens with zero attached hydrogens (tertiary/aromatic N) is 3. The molecule has 3 nitrogen and oxygen atoms in total. The first-order chi connectivity index (χ1) is 9.31. The summed E-state index contributed by atoms with van der Waals surface area (Å²) in [7, 11) is 2.04. The minimum absolute atomic E-state index is 0.117. The average Bonchev–Trinajstić information content (AvgIpc) is 2.46. The van der Waals surface area contributed by atoms with Gasteiger partial charge in [0.15, 0.2) is 0 Å². The lowest BCUT2D eigenvalue weighted by Gasteiger charge is -2.26. The van der Waals surface area contributed by atoms with Crippen molar-refractivity contribution in [3.05, 3.63) is 66.0 Å². The van der Waals surface area contributed by atoms with Gasteiger partial charge in [-0.2, -0.15) is 5.26 Å². The zero-order valence-corrected chi connectivity index (χ0v) is 11.0. The monoisotopic (exact) mass is 251 g/mol. The third-order valence-electron chi connectivity index (χ3n) is 3.16. The molecule has 0 spiro atoms. The van der Waals surface area contributed by atoms with Crippen molar-refractivity contribution in [2.24, 2.45) is 0 Å². The van der Waals surface area contributed by atoms with Crippen molar-refractivity contribution in [2.75, 3.05) is 7.05 Å². The van der Waals surface area contributed by atoms with Gasteiger partial charge in [-0.1, -0.05) is 36.4 Å². The Morgan fingerprint density at radius 1 is 1.21 bits per heavy atom. The van der Waals surface area contributed by atoms with Crippen molar-refractivity contribution in [3.63, 3.8) is 0 Å². The smallest absolute Gasteiger partial charge is 0.0641 e. The van der Waals surface area contributed by atoms with Crippen LogP contribution in [0.25, 0.3) is 0 Å². The quantitative estimate of drug-likeness (QED) is 0.819. The molecule has 1 heterocycles. The van der Waals surface area contributed by atoms with Crippen LogP contribution in [0.1, 0.15) is 23.6 Å². The number of benzene rings is 1. The van der Waals surface area contributed by atoms with E-state index in [1.807, 2.05) is 37.5 Å². The van der Waals surface area contributed by atoms with Crippen molar-refractivity contribution in [1.82, 2.24) is 9.88 Å². The Morgan fingerprint density at radius 3 is 2.63 bits per heavy atom. The normalized spacial score (nSPS) is 12.1. The van der Waals surface area contributed by atoms with Gasteiger partial charge >= 0.3 is 0 Å². The van der Waals surface area contributed by atoms with E-state index in [1.165, 1.54) is 5.56 Å². The molecule has 2 rings (SSSR count). The van der Waals surface area contributed by atoms with Crippen molar-refractivity contribution in [1.29, 1.82) is 5.26 Å². The van der Waals surface area contributed by atoms with Crippen LogP contribution in [0.4, 0.5) is 0 Å². The summed E-state index contributed by atoms with van der Waals surface area (Å²) >= 11 is 0. The van der Waals surface area contributed by atoms with E-state index in [2.05, 4.69) is 34.2 Å². The largest absolute Gasteiger partial charge is 0.294 e. The van der Waals surface area contributed by atoms with Gasteiger partial charge in [0.05, 0.1) is 12.5 Å². The fourth-order valence-electron chi connectivity index (χ4n) is 2.18. The molecule has 3 heteroatoms. The lowest BCUT2D eigenvalue weighted by Crippen LogP contribution is -2.24. The van der Waals surface area contributed by atoms with Gasteiger partial charge in [-0.25, -0.2) is 0 Å². The van der Waals surface area contributed by atoms with E-state index in [4.69, 9.17) is 5.26 Å². The SMILES string of the molecule is CN(Cc1cccnc1)C(CC#N)c1ccccc1. The van der Waals surface area contributed by atoms with E-state index in [0.29, 0.717) is 6.42 Å². The van der Waals surface area contributed by atoms with Gasteiger partial charge in [0, 0.05) is 25.0 Å². The van der Waals surface area contributed by atoms with Crippen LogP contribution in [0.3, 0.4) is 0 Å². The predicted molar refractivity (Wildman–Crippen MR) is 75.1 cm³/mol. The Hall–Kier alpha value is -2.18. The minimum atomic E-state index is 0.117. The summed E-state index contributed by atoms with van der Waals surface area (Å²) in [6.45, 7) is 0.787. The second kappa shape index (κ2) is 6.67. The fraction of sp³-hybridized carbons (Fsp3) is 0.250. The summed E-state index contributed by atoms with van der Waals surface area (Å²) in [5, 5.41) is 9.02. The summed E-state index contributed by atoms with van der Waals surface area (Å²) in [6.07, 6.45) is 4.12. The van der Waals surface area contributed by atoms with Gasteiger partial charge in [0.25, 0.3) is 0 Å². The van der Waals surface area contributed by atoms with Crippen LogP contribution >= 0.6 is 0 Å². The van der Waals surface area contributed by atoms with Crippen LogP contribution in [-0.4, -0.2) is 16.9 Å². The molecule has 0 amide bonds. The summed E-state index contributed by atoms with van der Waals surface area (Å²) in [6, 6.07) is 16.5. The molecule has 0 aliphatic rings. The summed E-state index contributed by atoms with van der Waals surface area (Å²) in [5.74, 6) is 0. The lowest BCUT2D eigenvalue weighted by atomic mass is 10.0. The van der Waals surface area contributed by atoms with E-state index in [9.17, 15) is 0 Å². The minimum Gasteiger partial charge on any atom is -0.294 e. The van der Waals surface area contributed by atoms with E-state index >= 15 is 0 Å². The number of pyridine rings is 1. The Bertz CT molecular complexity index is 531. The van der Waals surface area contributed by atoms with E-state index in [-0.39, 0.29) is 6.04 Å². The van der Waals surface area contributed by atoms with Crippen LogP contribution in [-0.2, 0) is 6.54 Å². The Morgan fingerprint density at radius 2 is 2.00 bits per heavy atom. The van der Waals surface area contributed by atoms with Crippen molar-refractivity contribution >= 4 is 0 Å². The van der Waals surface area contributed by atoms with Gasteiger partial charge in [-0.3, -0.25) is 9.88 Å². The molecular weight excluding hydrogens is 234 g/mol. The Balaban J connectivity index is 2.14. The van der Waals surface area contributed by atoms with Crippen LogP contribution < -0.4 is 0 Å². The van der Waals surface area contributed by atoms with E-state index < -0.39 is 0 Å². The predicted octanol–water partition coefficient (Wildman–Crippen LogP) is 3.17. The van der Waals surface area contributed by atoms with E-state index in [1.54, 1.807) is 6.20 Å². The molecule has 0 bridgehead atoms. The Labute approximate surface area is 114 Å². The first-order valence-corrected chi connectivity index (χ1v) is 6.32. The summed E-state index contributed by atoms with van der Waals surface area (Å²) < 4.78 is 0. The van der Waals surface area contributed by atoms with Gasteiger partial charge in [-0.15, -0.1) is 0 Å². The third kappa shape index (κ3) is 3.64. The maximum atomic E-state index is 9.02. The molecule has 1 aromatic carbocycles. The zero-order valence-electron chi connectivity index (χ0n) is 11.0. The molecule has 1 aromatic heterocycles. The highest BCUT2D eigenvalue weighted by Crippen LogP contribution is 2.23. The van der Waals surface area contributed by atoms with Crippen LogP contribution in [0.5, 0.6) is 0 Å². The molecule has 0 saturated carbocycles. The molecule has 0 radical (unpaired) electrons. The molecule has 96 valence electrons. The third-order valence-corrected chi connectivity index (χ3v) is 3.16. The molecule has 0 aliphatic heterocycles. The molecular formula is C16H17N3. The second-order valence-electron chi connectivity index (χ2n) is 4.57. The number of hydrogen-bond donors (Lipinski definition) is 0. The van der Waals surface area contributed by atoms with Crippen molar-refractivity contribution in [3.8, 4) is 6.07 Å². The number of aromatic nitrogens is 1. The summed E-state index contributed by atoms with van der Waals surface area (Å²) in [5.41, 5.74) is 2.33. The average molecular weight is 251 g/mol. The topological polar surface area (TPSA) is 39.9 Å². The first-order valence-electron chi connectivity index (χ1n) is 6.32. The first kappa shape index (κ1) is 13.3. The molecule has 0 aliphatic carbocycles. The van der Waals surface area contributed by atoms with Gasteiger partial charge in [-0.05, 0) is 24.2 Å². The zero-order chi connectivity index (χ0) is 13.5. The molecule has 0 saturated heterocycles. The molecule has 19 heavy (non-hydrogen) atoms. The van der Waals surface area contributed by atoms with Crippen LogP contribution in [0.15, 0.2) is 54.9 Å². The van der Waals surface area contributed by atoms with Crippen molar-refractivity contribution in [2.45, 2.75) is 19.0 Å². The molecule has 0 fully saturated rings. The second-order valence-corrected chi connectivity index (χ2v) is 4.57. The number of rotatable bonds is 5. The van der Waals surface area contributed by atoms with Gasteiger partial charge < -0.3 is 0 Å². The molecule has 1 atom stereocenters.